The standard InChI is InChI=1S/C12H16N2O/c1-3-8(2)11-5-9(7-15)4-10(6-13)12(11)14/h4-8,13H,3,14H2,1-2H3. The topological polar surface area (TPSA) is 66.9 Å². The first-order valence-corrected chi connectivity index (χ1v) is 5.03. The van der Waals surface area contributed by atoms with E-state index in [4.69, 9.17) is 11.1 Å². The lowest BCUT2D eigenvalue weighted by atomic mass is 9.93. The van der Waals surface area contributed by atoms with E-state index in [1.54, 1.807) is 6.07 Å². The van der Waals surface area contributed by atoms with Crippen LogP contribution in [0.5, 0.6) is 0 Å². The molecule has 1 rings (SSSR count). The van der Waals surface area contributed by atoms with Gasteiger partial charge in [0, 0.05) is 23.0 Å². The molecule has 0 bridgehead atoms. The fourth-order valence-corrected chi connectivity index (χ4v) is 1.54. The number of anilines is 1. The number of hydrogen-bond acceptors (Lipinski definition) is 3. The molecule has 1 aromatic carbocycles. The maximum atomic E-state index is 10.7. The maximum absolute atomic E-state index is 10.7. The summed E-state index contributed by atoms with van der Waals surface area (Å²) in [5.74, 6) is 0.309. The van der Waals surface area contributed by atoms with Crippen LogP contribution in [0, 0.1) is 5.41 Å². The zero-order valence-corrected chi connectivity index (χ0v) is 9.08. The second-order valence-corrected chi connectivity index (χ2v) is 3.68. The maximum Gasteiger partial charge on any atom is 0.150 e. The SMILES string of the molecule is CCC(C)c1cc(C=O)cc(C=N)c1N. The van der Waals surface area contributed by atoms with E-state index in [0.29, 0.717) is 22.7 Å². The molecule has 15 heavy (non-hydrogen) atoms. The summed E-state index contributed by atoms with van der Waals surface area (Å²) in [6, 6.07) is 3.45. The highest BCUT2D eigenvalue weighted by molar-refractivity contribution is 5.90. The quantitative estimate of drug-likeness (QED) is 0.449. The number of nitrogen functional groups attached to an aromatic ring is 1. The van der Waals surface area contributed by atoms with Crippen molar-refractivity contribution in [3.63, 3.8) is 0 Å². The van der Waals surface area contributed by atoms with Crippen molar-refractivity contribution in [2.75, 3.05) is 5.73 Å². The highest BCUT2D eigenvalue weighted by Crippen LogP contribution is 2.27. The van der Waals surface area contributed by atoms with Crippen LogP contribution in [0.2, 0.25) is 0 Å². The summed E-state index contributed by atoms with van der Waals surface area (Å²) in [5, 5.41) is 7.23. The van der Waals surface area contributed by atoms with Gasteiger partial charge in [0.25, 0.3) is 0 Å². The Morgan fingerprint density at radius 3 is 2.67 bits per heavy atom. The average Bonchev–Trinajstić information content (AvgIpc) is 2.28. The Morgan fingerprint density at radius 1 is 1.53 bits per heavy atom. The molecular weight excluding hydrogens is 188 g/mol. The summed E-state index contributed by atoms with van der Waals surface area (Å²) in [4.78, 5) is 10.7. The summed E-state index contributed by atoms with van der Waals surface area (Å²) in [6.45, 7) is 4.13. The Balaban J connectivity index is 3.35. The van der Waals surface area contributed by atoms with Crippen molar-refractivity contribution in [1.29, 1.82) is 5.41 Å². The molecular formula is C12H16N2O. The van der Waals surface area contributed by atoms with Crippen LogP contribution in [0.25, 0.3) is 0 Å². The molecule has 80 valence electrons. The molecule has 0 heterocycles. The Morgan fingerprint density at radius 2 is 2.20 bits per heavy atom. The van der Waals surface area contributed by atoms with Gasteiger partial charge in [-0.05, 0) is 30.0 Å². The monoisotopic (exact) mass is 204 g/mol. The van der Waals surface area contributed by atoms with Crippen molar-refractivity contribution in [2.45, 2.75) is 26.2 Å². The van der Waals surface area contributed by atoms with Crippen LogP contribution in [0.3, 0.4) is 0 Å². The van der Waals surface area contributed by atoms with Gasteiger partial charge in [-0.1, -0.05) is 13.8 Å². The first-order chi connectivity index (χ1) is 7.13. The molecule has 1 atom stereocenters. The van der Waals surface area contributed by atoms with Crippen LogP contribution in [-0.2, 0) is 0 Å². The highest BCUT2D eigenvalue weighted by atomic mass is 16.1. The Labute approximate surface area is 89.8 Å². The van der Waals surface area contributed by atoms with Gasteiger partial charge in [-0.2, -0.15) is 0 Å². The number of hydrogen-bond donors (Lipinski definition) is 2. The zero-order valence-electron chi connectivity index (χ0n) is 9.08. The van der Waals surface area contributed by atoms with Crippen molar-refractivity contribution in [1.82, 2.24) is 0 Å². The van der Waals surface area contributed by atoms with Crippen molar-refractivity contribution in [2.24, 2.45) is 0 Å². The van der Waals surface area contributed by atoms with E-state index >= 15 is 0 Å². The summed E-state index contributed by atoms with van der Waals surface area (Å²) >= 11 is 0. The highest BCUT2D eigenvalue weighted by Gasteiger charge is 2.11. The predicted molar refractivity (Wildman–Crippen MR) is 62.8 cm³/mol. The number of nitrogens with one attached hydrogen (secondary N) is 1. The van der Waals surface area contributed by atoms with Gasteiger partial charge in [0.2, 0.25) is 0 Å². The molecule has 0 saturated carbocycles. The Hall–Kier alpha value is -1.64. The molecule has 0 saturated heterocycles. The van der Waals surface area contributed by atoms with E-state index in [9.17, 15) is 4.79 Å². The van der Waals surface area contributed by atoms with E-state index in [2.05, 4.69) is 13.8 Å². The average molecular weight is 204 g/mol. The van der Waals surface area contributed by atoms with Gasteiger partial charge in [0.1, 0.15) is 6.29 Å². The molecule has 0 aromatic heterocycles. The van der Waals surface area contributed by atoms with E-state index in [0.717, 1.165) is 18.3 Å². The third kappa shape index (κ3) is 2.24. The second kappa shape index (κ2) is 4.73. The molecule has 3 nitrogen and oxygen atoms in total. The van der Waals surface area contributed by atoms with Gasteiger partial charge in [0.05, 0.1) is 0 Å². The minimum absolute atomic E-state index is 0.309. The van der Waals surface area contributed by atoms with Crippen LogP contribution < -0.4 is 5.73 Å². The molecule has 1 unspecified atom stereocenters. The Kier molecular flexibility index (Phi) is 3.61. The van der Waals surface area contributed by atoms with E-state index < -0.39 is 0 Å². The van der Waals surface area contributed by atoms with Crippen LogP contribution in [-0.4, -0.2) is 12.5 Å². The molecule has 0 amide bonds. The molecule has 0 radical (unpaired) electrons. The minimum Gasteiger partial charge on any atom is -0.398 e. The summed E-state index contributed by atoms with van der Waals surface area (Å²) < 4.78 is 0. The van der Waals surface area contributed by atoms with Gasteiger partial charge in [-0.25, -0.2) is 0 Å². The zero-order chi connectivity index (χ0) is 11.4. The molecule has 0 fully saturated rings. The number of carbonyl (C=O) groups is 1. The number of carbonyl (C=O) groups excluding carboxylic acids is 1. The third-order valence-electron chi connectivity index (χ3n) is 2.70. The van der Waals surface area contributed by atoms with Gasteiger partial charge >= 0.3 is 0 Å². The first kappa shape index (κ1) is 11.4. The lowest BCUT2D eigenvalue weighted by molar-refractivity contribution is 0.112. The molecule has 1 aromatic rings. The molecule has 0 aliphatic rings. The Bertz CT molecular complexity index is 385. The van der Waals surface area contributed by atoms with Crippen LogP contribution in [0.4, 0.5) is 5.69 Å². The molecule has 3 N–H and O–H groups in total. The number of nitrogens with two attached hydrogens (primary N) is 1. The number of aldehydes is 1. The van der Waals surface area contributed by atoms with Crippen LogP contribution in [0.1, 0.15) is 47.7 Å². The van der Waals surface area contributed by atoms with Crippen molar-refractivity contribution >= 4 is 18.2 Å². The summed E-state index contributed by atoms with van der Waals surface area (Å²) in [5.41, 5.74) is 8.70. The predicted octanol–water partition coefficient (Wildman–Crippen LogP) is 2.59. The minimum atomic E-state index is 0.309. The summed E-state index contributed by atoms with van der Waals surface area (Å²) in [6.07, 6.45) is 2.94. The van der Waals surface area contributed by atoms with Gasteiger partial charge in [-0.3, -0.25) is 4.79 Å². The second-order valence-electron chi connectivity index (χ2n) is 3.68. The fourth-order valence-electron chi connectivity index (χ4n) is 1.54. The van der Waals surface area contributed by atoms with Gasteiger partial charge in [0.15, 0.2) is 0 Å². The van der Waals surface area contributed by atoms with Gasteiger partial charge < -0.3 is 11.1 Å². The van der Waals surface area contributed by atoms with Gasteiger partial charge in [-0.15, -0.1) is 0 Å². The third-order valence-corrected chi connectivity index (χ3v) is 2.70. The van der Waals surface area contributed by atoms with E-state index in [1.165, 1.54) is 6.21 Å². The summed E-state index contributed by atoms with van der Waals surface area (Å²) in [7, 11) is 0. The van der Waals surface area contributed by atoms with Crippen molar-refractivity contribution < 1.29 is 4.79 Å². The number of benzene rings is 1. The molecule has 0 aliphatic heterocycles. The first-order valence-electron chi connectivity index (χ1n) is 5.03. The molecule has 3 heteroatoms. The lowest BCUT2D eigenvalue weighted by Crippen LogP contribution is -2.04. The molecule has 0 spiro atoms. The van der Waals surface area contributed by atoms with Crippen LogP contribution in [0.15, 0.2) is 12.1 Å². The van der Waals surface area contributed by atoms with Crippen LogP contribution >= 0.6 is 0 Å². The number of rotatable bonds is 4. The smallest absolute Gasteiger partial charge is 0.150 e. The van der Waals surface area contributed by atoms with E-state index in [1.807, 2.05) is 6.07 Å². The van der Waals surface area contributed by atoms with E-state index in [-0.39, 0.29) is 0 Å². The molecule has 0 aliphatic carbocycles. The normalized spacial score (nSPS) is 12.1. The largest absolute Gasteiger partial charge is 0.398 e. The van der Waals surface area contributed by atoms with Crippen molar-refractivity contribution in [3.05, 3.63) is 28.8 Å². The van der Waals surface area contributed by atoms with Crippen molar-refractivity contribution in [3.8, 4) is 0 Å². The lowest BCUT2D eigenvalue weighted by Gasteiger charge is -2.14. The fraction of sp³-hybridized carbons (Fsp3) is 0.333.